The lowest BCUT2D eigenvalue weighted by Gasteiger charge is -2.19. The average Bonchev–Trinajstić information content (AvgIpc) is 2.39. The molecule has 2 rings (SSSR count). The fourth-order valence-corrected chi connectivity index (χ4v) is 2.46. The predicted molar refractivity (Wildman–Crippen MR) is 57.1 cm³/mol. The van der Waals surface area contributed by atoms with E-state index in [4.69, 9.17) is 0 Å². The topological polar surface area (TPSA) is 12.0 Å². The van der Waals surface area contributed by atoms with Crippen molar-refractivity contribution in [3.8, 4) is 0 Å². The summed E-state index contributed by atoms with van der Waals surface area (Å²) in [5, 5.41) is 3.53. The van der Waals surface area contributed by atoms with Crippen LogP contribution in [-0.2, 0) is 0 Å². The molecule has 0 aliphatic carbocycles. The lowest BCUT2D eigenvalue weighted by Crippen LogP contribution is -2.20. The first-order valence-corrected chi connectivity index (χ1v) is 5.05. The van der Waals surface area contributed by atoms with Gasteiger partial charge in [-0.3, -0.25) is 0 Å². The van der Waals surface area contributed by atoms with Gasteiger partial charge in [-0.15, -0.1) is 0 Å². The zero-order chi connectivity index (χ0) is 9.42. The van der Waals surface area contributed by atoms with Crippen LogP contribution in [0.1, 0.15) is 32.3 Å². The molecule has 1 aromatic rings. The average molecular weight is 175 g/mol. The summed E-state index contributed by atoms with van der Waals surface area (Å²) >= 11 is 0. The van der Waals surface area contributed by atoms with E-state index in [0.717, 1.165) is 0 Å². The molecule has 1 heterocycles. The molecule has 1 aromatic carbocycles. The molecule has 0 amide bonds. The standard InChI is InChI=1S/C12H17N/c1-8(2)12-9(3)13-11-7-5-4-6-10(11)12/h4-9,12-13H,1-3H3/t9-,12+/m1/s1. The Labute approximate surface area is 80.2 Å². The molecule has 0 unspecified atom stereocenters. The van der Waals surface area contributed by atoms with E-state index in [-0.39, 0.29) is 0 Å². The zero-order valence-electron chi connectivity index (χ0n) is 8.54. The monoisotopic (exact) mass is 175 g/mol. The number of para-hydroxylation sites is 1. The third-order valence-corrected chi connectivity index (χ3v) is 2.96. The number of benzene rings is 1. The van der Waals surface area contributed by atoms with E-state index in [2.05, 4.69) is 50.4 Å². The van der Waals surface area contributed by atoms with Crippen molar-refractivity contribution in [1.29, 1.82) is 0 Å². The van der Waals surface area contributed by atoms with E-state index in [0.29, 0.717) is 17.9 Å². The molecule has 0 spiro atoms. The molecule has 1 nitrogen and oxygen atoms in total. The first kappa shape index (κ1) is 8.61. The number of hydrogen-bond acceptors (Lipinski definition) is 1. The van der Waals surface area contributed by atoms with Crippen molar-refractivity contribution in [3.63, 3.8) is 0 Å². The highest BCUT2D eigenvalue weighted by atomic mass is 15.0. The van der Waals surface area contributed by atoms with Crippen LogP contribution in [0.4, 0.5) is 5.69 Å². The molecular weight excluding hydrogens is 158 g/mol. The second-order valence-electron chi connectivity index (χ2n) is 4.29. The van der Waals surface area contributed by atoms with E-state index in [9.17, 15) is 0 Å². The predicted octanol–water partition coefficient (Wildman–Crippen LogP) is 3.24. The second kappa shape index (κ2) is 3.06. The van der Waals surface area contributed by atoms with E-state index in [1.54, 1.807) is 0 Å². The van der Waals surface area contributed by atoms with Crippen molar-refractivity contribution in [2.75, 3.05) is 5.32 Å². The highest BCUT2D eigenvalue weighted by Gasteiger charge is 2.30. The number of nitrogens with one attached hydrogen (secondary N) is 1. The maximum Gasteiger partial charge on any atom is 0.0378 e. The van der Waals surface area contributed by atoms with E-state index in [1.165, 1.54) is 11.3 Å². The highest BCUT2D eigenvalue weighted by molar-refractivity contribution is 5.59. The first-order chi connectivity index (χ1) is 6.20. The van der Waals surface area contributed by atoms with Gasteiger partial charge in [0, 0.05) is 17.6 Å². The van der Waals surface area contributed by atoms with Gasteiger partial charge in [-0.25, -0.2) is 0 Å². The third-order valence-electron chi connectivity index (χ3n) is 2.96. The molecule has 0 saturated heterocycles. The summed E-state index contributed by atoms with van der Waals surface area (Å²) in [5.41, 5.74) is 2.82. The van der Waals surface area contributed by atoms with Crippen LogP contribution in [0.15, 0.2) is 24.3 Å². The minimum Gasteiger partial charge on any atom is -0.382 e. The van der Waals surface area contributed by atoms with Gasteiger partial charge in [0.15, 0.2) is 0 Å². The molecule has 0 radical (unpaired) electrons. The maximum atomic E-state index is 3.53. The fourth-order valence-electron chi connectivity index (χ4n) is 2.46. The summed E-state index contributed by atoms with van der Waals surface area (Å²) in [4.78, 5) is 0. The van der Waals surface area contributed by atoms with Crippen LogP contribution in [0.2, 0.25) is 0 Å². The van der Waals surface area contributed by atoms with Gasteiger partial charge in [0.1, 0.15) is 0 Å². The van der Waals surface area contributed by atoms with Crippen LogP contribution in [0.5, 0.6) is 0 Å². The Morgan fingerprint density at radius 3 is 2.62 bits per heavy atom. The first-order valence-electron chi connectivity index (χ1n) is 5.05. The van der Waals surface area contributed by atoms with Crippen LogP contribution in [-0.4, -0.2) is 6.04 Å². The molecular formula is C12H17N. The Bertz CT molecular complexity index is 304. The van der Waals surface area contributed by atoms with Gasteiger partial charge in [0.05, 0.1) is 0 Å². The number of fused-ring (bicyclic) bond motifs is 1. The summed E-state index contributed by atoms with van der Waals surface area (Å²) < 4.78 is 0. The van der Waals surface area contributed by atoms with Crippen LogP contribution in [0.3, 0.4) is 0 Å². The Morgan fingerprint density at radius 1 is 1.23 bits per heavy atom. The molecule has 0 aromatic heterocycles. The molecule has 0 saturated carbocycles. The maximum absolute atomic E-state index is 3.53. The van der Waals surface area contributed by atoms with Gasteiger partial charge in [0.25, 0.3) is 0 Å². The van der Waals surface area contributed by atoms with Crippen LogP contribution in [0.25, 0.3) is 0 Å². The third kappa shape index (κ3) is 1.32. The summed E-state index contributed by atoms with van der Waals surface area (Å²) in [6.45, 7) is 6.86. The summed E-state index contributed by atoms with van der Waals surface area (Å²) in [7, 11) is 0. The van der Waals surface area contributed by atoms with E-state index < -0.39 is 0 Å². The number of hydrogen-bond donors (Lipinski definition) is 1. The van der Waals surface area contributed by atoms with Gasteiger partial charge in [-0.1, -0.05) is 32.0 Å². The van der Waals surface area contributed by atoms with Gasteiger partial charge in [-0.05, 0) is 24.5 Å². The van der Waals surface area contributed by atoms with Crippen LogP contribution in [0, 0.1) is 5.92 Å². The second-order valence-corrected chi connectivity index (χ2v) is 4.29. The van der Waals surface area contributed by atoms with Crippen molar-refractivity contribution in [3.05, 3.63) is 29.8 Å². The smallest absolute Gasteiger partial charge is 0.0378 e. The molecule has 0 fully saturated rings. The van der Waals surface area contributed by atoms with Crippen molar-refractivity contribution in [2.24, 2.45) is 5.92 Å². The van der Waals surface area contributed by atoms with Crippen molar-refractivity contribution < 1.29 is 0 Å². The summed E-state index contributed by atoms with van der Waals surface area (Å²) in [6.07, 6.45) is 0. The summed E-state index contributed by atoms with van der Waals surface area (Å²) in [6, 6.07) is 9.23. The normalized spacial score (nSPS) is 25.8. The lowest BCUT2D eigenvalue weighted by molar-refractivity contribution is 0.472. The van der Waals surface area contributed by atoms with E-state index >= 15 is 0 Å². The van der Waals surface area contributed by atoms with Gasteiger partial charge >= 0.3 is 0 Å². The molecule has 1 aliphatic heterocycles. The van der Waals surface area contributed by atoms with Gasteiger partial charge in [0.2, 0.25) is 0 Å². The minimum absolute atomic E-state index is 0.581. The quantitative estimate of drug-likeness (QED) is 0.691. The van der Waals surface area contributed by atoms with Crippen LogP contribution >= 0.6 is 0 Å². The summed E-state index contributed by atoms with van der Waals surface area (Å²) in [5.74, 6) is 1.39. The van der Waals surface area contributed by atoms with Crippen molar-refractivity contribution >= 4 is 5.69 Å². The number of rotatable bonds is 1. The fraction of sp³-hybridized carbons (Fsp3) is 0.500. The van der Waals surface area contributed by atoms with E-state index in [1.807, 2.05) is 0 Å². The minimum atomic E-state index is 0.581. The molecule has 1 aliphatic rings. The Morgan fingerprint density at radius 2 is 1.92 bits per heavy atom. The lowest BCUT2D eigenvalue weighted by atomic mass is 9.86. The van der Waals surface area contributed by atoms with Crippen molar-refractivity contribution in [1.82, 2.24) is 0 Å². The molecule has 70 valence electrons. The molecule has 1 N–H and O–H groups in total. The van der Waals surface area contributed by atoms with Gasteiger partial charge < -0.3 is 5.32 Å². The highest BCUT2D eigenvalue weighted by Crippen LogP contribution is 2.39. The zero-order valence-corrected chi connectivity index (χ0v) is 8.54. The molecule has 1 heteroatoms. The molecule has 2 atom stereocenters. The Kier molecular flexibility index (Phi) is 2.03. The largest absolute Gasteiger partial charge is 0.382 e. The number of anilines is 1. The Balaban J connectivity index is 2.40. The molecule has 13 heavy (non-hydrogen) atoms. The van der Waals surface area contributed by atoms with Gasteiger partial charge in [-0.2, -0.15) is 0 Å². The Hall–Kier alpha value is -0.980. The molecule has 0 bridgehead atoms. The SMILES string of the molecule is CC(C)[C@@H]1c2ccccc2N[C@@H]1C. The van der Waals surface area contributed by atoms with Crippen LogP contribution < -0.4 is 5.32 Å². The van der Waals surface area contributed by atoms with Crippen molar-refractivity contribution in [2.45, 2.75) is 32.7 Å².